The minimum absolute atomic E-state index is 0.220. The van der Waals surface area contributed by atoms with Crippen LogP contribution in [-0.4, -0.2) is 45.6 Å². The molecule has 0 saturated carbocycles. The molecule has 26 heavy (non-hydrogen) atoms. The maximum Gasteiger partial charge on any atom is 0.435 e. The highest BCUT2D eigenvalue weighted by molar-refractivity contribution is 5.88. The van der Waals surface area contributed by atoms with Gasteiger partial charge >= 0.3 is 6.18 Å². The first-order valence-electron chi connectivity index (χ1n) is 9.05. The van der Waals surface area contributed by atoms with E-state index < -0.39 is 17.9 Å². The zero-order valence-electron chi connectivity index (χ0n) is 14.7. The molecule has 1 unspecified atom stereocenters. The minimum Gasteiger partial charge on any atom is -0.353 e. The second-order valence-corrected chi connectivity index (χ2v) is 6.79. The molecule has 0 spiro atoms. The van der Waals surface area contributed by atoms with Crippen LogP contribution in [0.2, 0.25) is 0 Å². The predicted molar refractivity (Wildman–Crippen MR) is 87.3 cm³/mol. The van der Waals surface area contributed by atoms with Gasteiger partial charge in [-0.05, 0) is 32.1 Å². The number of hydrogen-bond donors (Lipinski definition) is 1. The van der Waals surface area contributed by atoms with E-state index in [-0.39, 0.29) is 23.9 Å². The van der Waals surface area contributed by atoms with Crippen LogP contribution >= 0.6 is 0 Å². The molecular formula is C17H23F3N4O2. The van der Waals surface area contributed by atoms with Crippen molar-refractivity contribution in [3.05, 3.63) is 17.0 Å². The quantitative estimate of drug-likeness (QED) is 0.825. The molecule has 2 aliphatic rings. The first-order valence-corrected chi connectivity index (χ1v) is 9.05. The van der Waals surface area contributed by atoms with Crippen LogP contribution in [-0.2, 0) is 35.2 Å². The van der Waals surface area contributed by atoms with Crippen molar-refractivity contribution in [2.75, 3.05) is 13.1 Å². The number of amides is 2. The fraction of sp³-hybridized carbons (Fsp3) is 0.706. The molecule has 1 aliphatic heterocycles. The molecule has 2 amide bonds. The van der Waals surface area contributed by atoms with E-state index in [0.717, 1.165) is 12.8 Å². The SMILES string of the molecule is CCC1C(=O)NCCN1C(=O)Cn1nc(C(F)(F)F)c2c1CCCCC2. The number of rotatable bonds is 3. The van der Waals surface area contributed by atoms with Crippen LogP contribution in [0, 0.1) is 0 Å². The van der Waals surface area contributed by atoms with Gasteiger partial charge in [-0.2, -0.15) is 18.3 Å². The molecule has 0 bridgehead atoms. The molecule has 6 nitrogen and oxygen atoms in total. The van der Waals surface area contributed by atoms with E-state index in [9.17, 15) is 22.8 Å². The fourth-order valence-electron chi connectivity index (χ4n) is 3.84. The highest BCUT2D eigenvalue weighted by Crippen LogP contribution is 2.35. The Labute approximate surface area is 149 Å². The number of alkyl halides is 3. The number of nitrogens with zero attached hydrogens (tertiary/aromatic N) is 3. The lowest BCUT2D eigenvalue weighted by Crippen LogP contribution is -2.57. The molecule has 9 heteroatoms. The molecule has 1 saturated heterocycles. The molecule has 0 radical (unpaired) electrons. The van der Waals surface area contributed by atoms with Crippen LogP contribution in [0.5, 0.6) is 0 Å². The molecule has 1 aromatic rings. The van der Waals surface area contributed by atoms with E-state index in [4.69, 9.17) is 0 Å². The number of carbonyl (C=O) groups is 2. The van der Waals surface area contributed by atoms with Crippen LogP contribution in [0.1, 0.15) is 49.6 Å². The Hall–Kier alpha value is -2.06. The molecule has 3 rings (SSSR count). The molecule has 1 aliphatic carbocycles. The summed E-state index contributed by atoms with van der Waals surface area (Å²) in [4.78, 5) is 26.1. The van der Waals surface area contributed by atoms with E-state index in [1.54, 1.807) is 6.92 Å². The summed E-state index contributed by atoms with van der Waals surface area (Å²) < 4.78 is 41.3. The van der Waals surface area contributed by atoms with Crippen molar-refractivity contribution in [1.82, 2.24) is 20.0 Å². The molecule has 1 fully saturated rings. The summed E-state index contributed by atoms with van der Waals surface area (Å²) in [5.41, 5.74) is -0.130. The smallest absolute Gasteiger partial charge is 0.353 e. The third-order valence-corrected chi connectivity index (χ3v) is 5.10. The summed E-state index contributed by atoms with van der Waals surface area (Å²) in [6.07, 6.45) is -0.897. The van der Waals surface area contributed by atoms with Crippen molar-refractivity contribution in [2.45, 2.75) is 64.2 Å². The van der Waals surface area contributed by atoms with E-state index in [1.807, 2.05) is 0 Å². The zero-order valence-corrected chi connectivity index (χ0v) is 14.7. The Balaban J connectivity index is 1.88. The maximum absolute atomic E-state index is 13.4. The number of nitrogens with one attached hydrogen (secondary N) is 1. The van der Waals surface area contributed by atoms with Gasteiger partial charge in [0, 0.05) is 24.3 Å². The molecule has 1 N–H and O–H groups in total. The molecule has 1 aromatic heterocycles. The first kappa shape index (κ1) is 18.7. The molecule has 2 heterocycles. The van der Waals surface area contributed by atoms with Gasteiger partial charge in [0.05, 0.1) is 0 Å². The lowest BCUT2D eigenvalue weighted by Gasteiger charge is -2.34. The van der Waals surface area contributed by atoms with Gasteiger partial charge in [-0.3, -0.25) is 14.3 Å². The minimum atomic E-state index is -4.53. The van der Waals surface area contributed by atoms with E-state index in [0.29, 0.717) is 44.5 Å². The summed E-state index contributed by atoms with van der Waals surface area (Å²) in [6.45, 7) is 2.25. The standard InChI is InChI=1S/C17H23F3N4O2/c1-2-12-16(26)21-8-9-23(12)14(25)10-24-13-7-5-3-4-6-11(13)15(22-24)17(18,19)20/h12H,2-10H2,1H3,(H,21,26). The highest BCUT2D eigenvalue weighted by Gasteiger charge is 2.40. The number of halogens is 3. The predicted octanol–water partition coefficient (Wildman–Crippen LogP) is 1.91. The van der Waals surface area contributed by atoms with Crippen molar-refractivity contribution in [3.63, 3.8) is 0 Å². The lowest BCUT2D eigenvalue weighted by atomic mass is 10.1. The van der Waals surface area contributed by atoms with Crippen molar-refractivity contribution < 1.29 is 22.8 Å². The summed E-state index contributed by atoms with van der Waals surface area (Å²) in [7, 11) is 0. The molecule has 144 valence electrons. The van der Waals surface area contributed by atoms with Gasteiger partial charge in [-0.1, -0.05) is 13.3 Å². The third kappa shape index (κ3) is 3.57. The Morgan fingerprint density at radius 2 is 2.00 bits per heavy atom. The van der Waals surface area contributed by atoms with E-state index >= 15 is 0 Å². The Morgan fingerprint density at radius 1 is 1.27 bits per heavy atom. The van der Waals surface area contributed by atoms with Crippen LogP contribution in [0.3, 0.4) is 0 Å². The van der Waals surface area contributed by atoms with Crippen molar-refractivity contribution in [2.24, 2.45) is 0 Å². The average Bonchev–Trinajstić information content (AvgIpc) is 2.77. The largest absolute Gasteiger partial charge is 0.435 e. The topological polar surface area (TPSA) is 67.2 Å². The Kier molecular flexibility index (Phi) is 5.24. The van der Waals surface area contributed by atoms with Gasteiger partial charge in [0.2, 0.25) is 11.8 Å². The summed E-state index contributed by atoms with van der Waals surface area (Å²) in [5.74, 6) is -0.586. The summed E-state index contributed by atoms with van der Waals surface area (Å²) in [5, 5.41) is 6.46. The van der Waals surface area contributed by atoms with Crippen LogP contribution in [0.25, 0.3) is 0 Å². The van der Waals surface area contributed by atoms with E-state index in [1.165, 1.54) is 9.58 Å². The number of piperazine rings is 1. The normalized spacial score (nSPS) is 21.2. The first-order chi connectivity index (χ1) is 12.3. The maximum atomic E-state index is 13.4. The number of fused-ring (bicyclic) bond motifs is 1. The van der Waals surface area contributed by atoms with Gasteiger partial charge in [-0.15, -0.1) is 0 Å². The molecule has 1 atom stereocenters. The number of carbonyl (C=O) groups excluding carboxylic acids is 2. The van der Waals surface area contributed by atoms with Crippen LogP contribution in [0.4, 0.5) is 13.2 Å². The molecule has 0 aromatic carbocycles. The van der Waals surface area contributed by atoms with Gasteiger partial charge in [0.15, 0.2) is 5.69 Å². The summed E-state index contributed by atoms with van der Waals surface area (Å²) in [6, 6.07) is -0.576. The van der Waals surface area contributed by atoms with Crippen LogP contribution in [0.15, 0.2) is 0 Å². The second-order valence-electron chi connectivity index (χ2n) is 6.79. The van der Waals surface area contributed by atoms with Crippen molar-refractivity contribution in [3.8, 4) is 0 Å². The van der Waals surface area contributed by atoms with E-state index in [2.05, 4.69) is 10.4 Å². The Morgan fingerprint density at radius 3 is 2.69 bits per heavy atom. The van der Waals surface area contributed by atoms with Crippen molar-refractivity contribution in [1.29, 1.82) is 0 Å². The third-order valence-electron chi connectivity index (χ3n) is 5.10. The number of aromatic nitrogens is 2. The van der Waals surface area contributed by atoms with Crippen molar-refractivity contribution >= 4 is 11.8 Å². The monoisotopic (exact) mass is 372 g/mol. The highest BCUT2D eigenvalue weighted by atomic mass is 19.4. The van der Waals surface area contributed by atoms with Gasteiger partial charge in [0.1, 0.15) is 12.6 Å². The van der Waals surface area contributed by atoms with Crippen LogP contribution < -0.4 is 5.32 Å². The summed E-state index contributed by atoms with van der Waals surface area (Å²) >= 11 is 0. The van der Waals surface area contributed by atoms with Gasteiger partial charge in [0.25, 0.3) is 0 Å². The molecular weight excluding hydrogens is 349 g/mol. The average molecular weight is 372 g/mol. The second kappa shape index (κ2) is 7.28. The zero-order chi connectivity index (χ0) is 18.9. The lowest BCUT2D eigenvalue weighted by molar-refractivity contribution is -0.145. The number of hydrogen-bond acceptors (Lipinski definition) is 3. The fourth-order valence-corrected chi connectivity index (χ4v) is 3.84. The van der Waals surface area contributed by atoms with Gasteiger partial charge in [-0.25, -0.2) is 0 Å². The Bertz CT molecular complexity index is 699. The van der Waals surface area contributed by atoms with Gasteiger partial charge < -0.3 is 10.2 Å².